The van der Waals surface area contributed by atoms with Crippen molar-refractivity contribution in [2.45, 2.75) is 25.8 Å². The van der Waals surface area contributed by atoms with Crippen LogP contribution in [-0.4, -0.2) is 42.8 Å². The van der Waals surface area contributed by atoms with Crippen molar-refractivity contribution in [3.63, 3.8) is 0 Å². The van der Waals surface area contributed by atoms with Gasteiger partial charge in [0.15, 0.2) is 0 Å². The number of nitrogens with two attached hydrogens (primary N) is 2. The van der Waals surface area contributed by atoms with Gasteiger partial charge in [-0.25, -0.2) is 4.79 Å². The van der Waals surface area contributed by atoms with Crippen molar-refractivity contribution in [2.24, 2.45) is 11.5 Å². The molecule has 0 heterocycles. The Hall–Kier alpha value is -3.88. The van der Waals surface area contributed by atoms with Gasteiger partial charge in [0.1, 0.15) is 23.5 Å². The fourth-order valence-corrected chi connectivity index (χ4v) is 2.77. The molecule has 1 atom stereocenters. The molecule has 0 aliphatic rings. The van der Waals surface area contributed by atoms with Crippen LogP contribution in [0.1, 0.15) is 41.3 Å². The van der Waals surface area contributed by atoms with Gasteiger partial charge in [-0.05, 0) is 44.0 Å². The predicted molar refractivity (Wildman–Crippen MR) is 118 cm³/mol. The predicted octanol–water partition coefficient (Wildman–Crippen LogP) is 1.78. The second kappa shape index (κ2) is 11.3. The molecule has 0 spiro atoms. The molecular weight excluding hydrogens is 398 g/mol. The molecule has 0 aromatic heterocycles. The maximum Gasteiger partial charge on any atom is 0.328 e. The molecule has 2 aromatic carbocycles. The summed E-state index contributed by atoms with van der Waals surface area (Å²) in [5.41, 5.74) is 12.3. The Kier molecular flexibility index (Phi) is 8.56. The largest absolute Gasteiger partial charge is 0.494 e. The van der Waals surface area contributed by atoms with Crippen molar-refractivity contribution in [1.82, 2.24) is 5.32 Å². The molecule has 31 heavy (non-hydrogen) atoms. The molecule has 1 amide bonds. The highest BCUT2D eigenvalue weighted by Crippen LogP contribution is 2.14. The number of benzene rings is 2. The quantitative estimate of drug-likeness (QED) is 0.159. The molecule has 0 unspecified atom stereocenters. The summed E-state index contributed by atoms with van der Waals surface area (Å²) >= 11 is 0. The Morgan fingerprint density at radius 3 is 2.26 bits per heavy atom. The van der Waals surface area contributed by atoms with Crippen LogP contribution >= 0.6 is 0 Å². The number of ether oxygens (including phenoxy) is 2. The van der Waals surface area contributed by atoms with Crippen LogP contribution in [0.5, 0.6) is 5.75 Å². The van der Waals surface area contributed by atoms with Gasteiger partial charge in [0.25, 0.3) is 5.91 Å². The Bertz CT molecular complexity index is 943. The van der Waals surface area contributed by atoms with E-state index in [-0.39, 0.29) is 18.3 Å². The van der Waals surface area contributed by atoms with Crippen molar-refractivity contribution in [3.8, 4) is 5.75 Å². The minimum atomic E-state index is -0.827. The third-order valence-electron chi connectivity index (χ3n) is 4.39. The fraction of sp³-hybridized carbons (Fsp3) is 0.273. The van der Waals surface area contributed by atoms with Gasteiger partial charge < -0.3 is 26.3 Å². The highest BCUT2D eigenvalue weighted by atomic mass is 16.5. The molecular formula is C22H27N5O4. The molecule has 0 saturated heterocycles. The van der Waals surface area contributed by atoms with E-state index in [1.165, 1.54) is 0 Å². The van der Waals surface area contributed by atoms with E-state index < -0.39 is 17.9 Å². The van der Waals surface area contributed by atoms with Crippen LogP contribution in [0.4, 0.5) is 0 Å². The lowest BCUT2D eigenvalue weighted by molar-refractivity contribution is -0.145. The number of carbonyl (C=O) groups is 2. The van der Waals surface area contributed by atoms with E-state index in [1.54, 1.807) is 55.5 Å². The van der Waals surface area contributed by atoms with Gasteiger partial charge in [-0.15, -0.1) is 0 Å². The number of hydrogen-bond donors (Lipinski definition) is 5. The van der Waals surface area contributed by atoms with E-state index in [0.29, 0.717) is 41.9 Å². The zero-order valence-corrected chi connectivity index (χ0v) is 17.3. The first kappa shape index (κ1) is 23.4. The molecule has 9 nitrogen and oxygen atoms in total. The fourth-order valence-electron chi connectivity index (χ4n) is 2.77. The number of carbonyl (C=O) groups excluding carboxylic acids is 2. The first-order valence-electron chi connectivity index (χ1n) is 9.81. The van der Waals surface area contributed by atoms with Gasteiger partial charge in [-0.1, -0.05) is 24.3 Å². The summed E-state index contributed by atoms with van der Waals surface area (Å²) in [6, 6.07) is 12.3. The molecule has 164 valence electrons. The van der Waals surface area contributed by atoms with Gasteiger partial charge in [0.05, 0.1) is 13.2 Å². The van der Waals surface area contributed by atoms with E-state index >= 15 is 0 Å². The number of nitrogens with one attached hydrogen (secondary N) is 3. The normalized spacial score (nSPS) is 11.3. The van der Waals surface area contributed by atoms with Crippen LogP contribution < -0.4 is 21.5 Å². The summed E-state index contributed by atoms with van der Waals surface area (Å²) in [6.07, 6.45) is 0.805. The van der Waals surface area contributed by atoms with Crippen molar-refractivity contribution < 1.29 is 19.1 Å². The number of hydrogen-bond acceptors (Lipinski definition) is 6. The second-order valence-corrected chi connectivity index (χ2v) is 6.70. The van der Waals surface area contributed by atoms with Gasteiger partial charge in [-0.3, -0.25) is 15.6 Å². The van der Waals surface area contributed by atoms with Crippen molar-refractivity contribution in [2.75, 3.05) is 13.2 Å². The third kappa shape index (κ3) is 7.14. The van der Waals surface area contributed by atoms with Gasteiger partial charge in [-0.2, -0.15) is 0 Å². The van der Waals surface area contributed by atoms with Crippen molar-refractivity contribution >= 4 is 23.5 Å². The number of nitrogen functional groups attached to an aromatic ring is 2. The standard InChI is InChI=1S/C22H27N5O4/c1-2-30-22(29)18(27-21(28)15-10-8-14(9-11-15)19(23)24)7-4-12-31-17-6-3-5-16(13-17)20(25)26/h3,5-6,8-11,13,18H,2,4,7,12H2,1H3,(H3,23,24)(H3,25,26)(H,27,28)/t18-/m1/s1. The topological polar surface area (TPSA) is 164 Å². The van der Waals surface area contributed by atoms with Crippen LogP contribution in [0.2, 0.25) is 0 Å². The van der Waals surface area contributed by atoms with Gasteiger partial charge in [0.2, 0.25) is 0 Å². The summed E-state index contributed by atoms with van der Waals surface area (Å²) in [5.74, 6) is -0.523. The van der Waals surface area contributed by atoms with Crippen LogP contribution in [0.3, 0.4) is 0 Å². The van der Waals surface area contributed by atoms with E-state index in [0.717, 1.165) is 0 Å². The van der Waals surface area contributed by atoms with Crippen LogP contribution in [0.15, 0.2) is 48.5 Å². The first-order chi connectivity index (χ1) is 14.8. The van der Waals surface area contributed by atoms with E-state index in [1.807, 2.05) is 0 Å². The molecule has 9 heteroatoms. The molecule has 0 aliphatic heterocycles. The summed E-state index contributed by atoms with van der Waals surface area (Å²) in [5, 5.41) is 17.6. The summed E-state index contributed by atoms with van der Waals surface area (Å²) in [7, 11) is 0. The minimum absolute atomic E-state index is 0.0492. The summed E-state index contributed by atoms with van der Waals surface area (Å²) in [4.78, 5) is 24.8. The van der Waals surface area contributed by atoms with Crippen molar-refractivity contribution in [1.29, 1.82) is 10.8 Å². The second-order valence-electron chi connectivity index (χ2n) is 6.70. The van der Waals surface area contributed by atoms with Crippen molar-refractivity contribution in [3.05, 3.63) is 65.2 Å². The monoisotopic (exact) mass is 425 g/mol. The average Bonchev–Trinajstić information content (AvgIpc) is 2.76. The lowest BCUT2D eigenvalue weighted by atomic mass is 10.1. The number of amidine groups is 2. The molecule has 0 saturated carbocycles. The average molecular weight is 425 g/mol. The smallest absolute Gasteiger partial charge is 0.328 e. The molecule has 0 radical (unpaired) electrons. The minimum Gasteiger partial charge on any atom is -0.494 e. The zero-order valence-electron chi connectivity index (χ0n) is 17.3. The molecule has 0 bridgehead atoms. The lowest BCUT2D eigenvalue weighted by Crippen LogP contribution is -2.42. The van der Waals surface area contributed by atoms with Gasteiger partial charge >= 0.3 is 5.97 Å². The summed E-state index contributed by atoms with van der Waals surface area (Å²) in [6.45, 7) is 2.20. The maximum atomic E-state index is 12.5. The molecule has 7 N–H and O–H groups in total. The Morgan fingerprint density at radius 1 is 1.00 bits per heavy atom. The van der Waals surface area contributed by atoms with Crippen LogP contribution in [0, 0.1) is 10.8 Å². The van der Waals surface area contributed by atoms with E-state index in [9.17, 15) is 9.59 Å². The van der Waals surface area contributed by atoms with Crippen LogP contribution in [0.25, 0.3) is 0 Å². The Balaban J connectivity index is 1.94. The van der Waals surface area contributed by atoms with E-state index in [4.69, 9.17) is 31.8 Å². The maximum absolute atomic E-state index is 12.5. The molecule has 0 fully saturated rings. The Labute approximate surface area is 180 Å². The molecule has 2 aromatic rings. The first-order valence-corrected chi connectivity index (χ1v) is 9.81. The van der Waals surface area contributed by atoms with Gasteiger partial charge in [0, 0.05) is 16.7 Å². The zero-order chi connectivity index (χ0) is 22.8. The number of esters is 1. The Morgan fingerprint density at radius 2 is 1.65 bits per heavy atom. The SMILES string of the molecule is CCOC(=O)[C@@H](CCCOc1cccc(C(=N)N)c1)NC(=O)c1ccc(C(=N)N)cc1. The number of amides is 1. The summed E-state index contributed by atoms with van der Waals surface area (Å²) < 4.78 is 10.7. The highest BCUT2D eigenvalue weighted by Gasteiger charge is 2.22. The molecule has 0 aliphatic carbocycles. The number of rotatable bonds is 11. The van der Waals surface area contributed by atoms with Crippen LogP contribution in [-0.2, 0) is 9.53 Å². The lowest BCUT2D eigenvalue weighted by Gasteiger charge is -2.17. The third-order valence-corrected chi connectivity index (χ3v) is 4.39. The van der Waals surface area contributed by atoms with E-state index in [2.05, 4.69) is 5.32 Å². The highest BCUT2D eigenvalue weighted by molar-refractivity contribution is 5.99. The molecule has 2 rings (SSSR count).